The highest BCUT2D eigenvalue weighted by atomic mass is 32.2. The van der Waals surface area contributed by atoms with Gasteiger partial charge in [0.25, 0.3) is 0 Å². The number of amidine groups is 1. The molecule has 7 heteroatoms. The topological polar surface area (TPSA) is 94.2 Å². The van der Waals surface area contributed by atoms with E-state index in [-0.39, 0.29) is 23.7 Å². The Morgan fingerprint density at radius 3 is 2.37 bits per heavy atom. The van der Waals surface area contributed by atoms with E-state index in [2.05, 4.69) is 6.19 Å². The molecule has 4 bridgehead atoms. The summed E-state index contributed by atoms with van der Waals surface area (Å²) < 4.78 is 30.8. The van der Waals surface area contributed by atoms with Crippen molar-refractivity contribution in [2.75, 3.05) is 6.26 Å². The summed E-state index contributed by atoms with van der Waals surface area (Å²) in [6.07, 6.45) is 7.51. The fourth-order valence-electron chi connectivity index (χ4n) is 6.35. The van der Waals surface area contributed by atoms with E-state index < -0.39 is 20.2 Å². The molecule has 4 aliphatic carbocycles. The lowest BCUT2D eigenvalue weighted by molar-refractivity contribution is -0.0243. The molecule has 2 unspecified atom stereocenters. The third-order valence-electron chi connectivity index (χ3n) is 7.63. The minimum atomic E-state index is -3.15. The summed E-state index contributed by atoms with van der Waals surface area (Å²) >= 11 is 0. The van der Waals surface area contributed by atoms with Gasteiger partial charge in [-0.25, -0.2) is 8.42 Å². The Bertz CT molecular complexity index is 995. The lowest BCUT2D eigenvalue weighted by atomic mass is 9.53. The van der Waals surface area contributed by atoms with Crippen LogP contribution in [-0.2, 0) is 9.84 Å². The highest BCUT2D eigenvalue weighted by Gasteiger charge is 2.61. The number of hydrogen-bond acceptors (Lipinski definition) is 5. The molecule has 4 saturated carbocycles. The number of nitriles is 1. The number of nitrogens with one attached hydrogen (secondary N) is 1. The first-order valence-electron chi connectivity index (χ1n) is 10.7. The van der Waals surface area contributed by atoms with Gasteiger partial charge in [-0.15, -0.1) is 0 Å². The Hall–Kier alpha value is -2.07. The molecule has 0 spiro atoms. The first-order valence-corrected chi connectivity index (χ1v) is 12.6. The average molecular weight is 430 g/mol. The first-order chi connectivity index (χ1) is 14.0. The van der Waals surface area contributed by atoms with Crippen LogP contribution in [0.3, 0.4) is 0 Å². The molecule has 4 aliphatic rings. The van der Waals surface area contributed by atoms with Gasteiger partial charge in [0.15, 0.2) is 27.5 Å². The number of benzene rings is 1. The quantitative estimate of drug-likeness (QED) is 0.331. The molecule has 30 heavy (non-hydrogen) atoms. The molecule has 4 fully saturated rings. The molecule has 6 nitrogen and oxygen atoms in total. The van der Waals surface area contributed by atoms with Crippen LogP contribution in [0.1, 0.15) is 51.5 Å². The number of sulfone groups is 1. The fourth-order valence-corrected chi connectivity index (χ4v) is 7.92. The summed E-state index contributed by atoms with van der Waals surface area (Å²) in [4.78, 5) is 1.53. The fraction of sp³-hybridized carbons (Fsp3) is 0.652. The zero-order valence-corrected chi connectivity index (χ0v) is 19.0. The first kappa shape index (κ1) is 21.2. The van der Waals surface area contributed by atoms with E-state index >= 15 is 0 Å². The lowest BCUT2D eigenvalue weighted by Gasteiger charge is -2.60. The molecule has 2 atom stereocenters. The smallest absolute Gasteiger partial charge is 0.185 e. The molecule has 0 radical (unpaired) electrons. The molecule has 0 saturated heterocycles. The van der Waals surface area contributed by atoms with E-state index in [4.69, 9.17) is 10.1 Å². The Morgan fingerprint density at radius 2 is 1.83 bits per heavy atom. The second-order valence-electron chi connectivity index (χ2n) is 10.1. The van der Waals surface area contributed by atoms with Gasteiger partial charge in [-0.1, -0.05) is 18.2 Å². The van der Waals surface area contributed by atoms with Crippen LogP contribution in [-0.4, -0.2) is 41.8 Å². The van der Waals surface area contributed by atoms with Crippen LogP contribution in [0.4, 0.5) is 0 Å². The molecule has 5 rings (SSSR count). The molecule has 0 amide bonds. The summed E-state index contributed by atoms with van der Waals surface area (Å²) in [5.41, 5.74) is -0.00279. The van der Waals surface area contributed by atoms with E-state index in [1.165, 1.54) is 11.2 Å². The molecule has 162 valence electrons. The van der Waals surface area contributed by atoms with Crippen molar-refractivity contribution in [1.82, 2.24) is 4.90 Å². The average Bonchev–Trinajstić information content (AvgIpc) is 2.64. The van der Waals surface area contributed by atoms with Crippen LogP contribution < -0.4 is 4.74 Å². The number of ether oxygens (including phenoxy) is 1. The normalized spacial score (nSPS) is 32.5. The second kappa shape index (κ2) is 6.98. The van der Waals surface area contributed by atoms with Crippen LogP contribution in [0.5, 0.6) is 5.75 Å². The van der Waals surface area contributed by atoms with E-state index in [1.54, 1.807) is 0 Å². The lowest BCUT2D eigenvalue weighted by Crippen LogP contribution is -2.65. The highest BCUT2D eigenvalue weighted by molar-refractivity contribution is 7.92. The van der Waals surface area contributed by atoms with Crippen molar-refractivity contribution in [3.8, 4) is 11.9 Å². The molecule has 0 aliphatic heterocycles. The van der Waals surface area contributed by atoms with Gasteiger partial charge in [-0.05, 0) is 82.3 Å². The van der Waals surface area contributed by atoms with Crippen LogP contribution in [0.2, 0.25) is 0 Å². The maximum absolute atomic E-state index is 12.6. The monoisotopic (exact) mass is 429 g/mol. The van der Waals surface area contributed by atoms with E-state index in [0.29, 0.717) is 24.5 Å². The summed E-state index contributed by atoms with van der Waals surface area (Å²) in [7, 11) is -3.15. The molecule has 1 aromatic rings. The molecule has 1 aromatic carbocycles. The predicted octanol–water partition coefficient (Wildman–Crippen LogP) is 3.90. The van der Waals surface area contributed by atoms with Crippen molar-refractivity contribution in [3.63, 3.8) is 0 Å². The molecule has 0 aromatic heterocycles. The number of rotatable bonds is 5. The standard InChI is InChI=1S/C23H31N3O3S/c1-15-7-5-6-8-19(15)29-22(2,3)21(25)26(14-24)20-17-9-16-10-18(20)13-23(11-16,12-17)30(4,27)28/h5-8,16-18,20,25H,9-13H2,1-4H3. The number of hydrogen-bond donors (Lipinski definition) is 1. The van der Waals surface area contributed by atoms with Gasteiger partial charge in [0.2, 0.25) is 0 Å². The van der Waals surface area contributed by atoms with Crippen molar-refractivity contribution < 1.29 is 13.2 Å². The van der Waals surface area contributed by atoms with Gasteiger partial charge >= 0.3 is 0 Å². The van der Waals surface area contributed by atoms with Gasteiger partial charge in [0.1, 0.15) is 5.75 Å². The van der Waals surface area contributed by atoms with Gasteiger partial charge in [-0.3, -0.25) is 10.3 Å². The van der Waals surface area contributed by atoms with E-state index in [0.717, 1.165) is 24.8 Å². The molecular weight excluding hydrogens is 398 g/mol. The zero-order valence-electron chi connectivity index (χ0n) is 18.2. The predicted molar refractivity (Wildman–Crippen MR) is 116 cm³/mol. The Kier molecular flexibility index (Phi) is 4.93. The molecule has 0 heterocycles. The van der Waals surface area contributed by atoms with Gasteiger partial charge in [0, 0.05) is 6.26 Å². The number of nitrogens with zero attached hydrogens (tertiary/aromatic N) is 2. The van der Waals surface area contributed by atoms with Crippen molar-refractivity contribution in [2.24, 2.45) is 17.8 Å². The third-order valence-corrected chi connectivity index (χ3v) is 9.70. The van der Waals surface area contributed by atoms with Crippen LogP contribution in [0.25, 0.3) is 0 Å². The maximum atomic E-state index is 12.6. The van der Waals surface area contributed by atoms with Gasteiger partial charge < -0.3 is 4.74 Å². The Morgan fingerprint density at radius 1 is 1.23 bits per heavy atom. The Labute approximate surface area is 179 Å². The van der Waals surface area contributed by atoms with E-state index in [1.807, 2.05) is 45.0 Å². The zero-order chi connectivity index (χ0) is 21.9. The number of para-hydroxylation sites is 1. The SMILES string of the molecule is Cc1ccccc1OC(C)(C)C(=N)N(C#N)C1C2CC3CC1CC(S(C)(=O)=O)(C3)C2. The third kappa shape index (κ3) is 3.30. The minimum Gasteiger partial charge on any atom is -0.480 e. The molecular formula is C23H31N3O3S. The number of aryl methyl sites for hydroxylation is 1. The van der Waals surface area contributed by atoms with E-state index in [9.17, 15) is 13.7 Å². The Balaban J connectivity index is 1.60. The van der Waals surface area contributed by atoms with Gasteiger partial charge in [0.05, 0.1) is 10.8 Å². The van der Waals surface area contributed by atoms with Crippen LogP contribution in [0, 0.1) is 41.5 Å². The van der Waals surface area contributed by atoms with Gasteiger partial charge in [-0.2, -0.15) is 5.26 Å². The summed E-state index contributed by atoms with van der Waals surface area (Å²) in [5, 5.41) is 18.9. The highest BCUT2D eigenvalue weighted by Crippen LogP contribution is 2.59. The van der Waals surface area contributed by atoms with Crippen LogP contribution in [0.15, 0.2) is 24.3 Å². The van der Waals surface area contributed by atoms with Crippen LogP contribution >= 0.6 is 0 Å². The molecule has 1 N–H and O–H groups in total. The summed E-state index contributed by atoms with van der Waals surface area (Å²) in [6, 6.07) is 7.55. The largest absolute Gasteiger partial charge is 0.480 e. The van der Waals surface area contributed by atoms with Crippen molar-refractivity contribution in [1.29, 1.82) is 10.7 Å². The summed E-state index contributed by atoms with van der Waals surface area (Å²) in [5.74, 6) is 1.50. The second-order valence-corrected chi connectivity index (χ2v) is 12.5. The van der Waals surface area contributed by atoms with Crippen molar-refractivity contribution in [3.05, 3.63) is 29.8 Å². The summed E-state index contributed by atoms with van der Waals surface area (Å²) in [6.45, 7) is 5.60. The van der Waals surface area contributed by atoms with Crippen molar-refractivity contribution >= 4 is 15.7 Å². The maximum Gasteiger partial charge on any atom is 0.185 e. The minimum absolute atomic E-state index is 0.117. The van der Waals surface area contributed by atoms with Crippen molar-refractivity contribution in [2.45, 2.75) is 69.3 Å².